The second-order valence-electron chi connectivity index (χ2n) is 7.67. The number of fused-ring (bicyclic) bond motifs is 2. The fourth-order valence-corrected chi connectivity index (χ4v) is 3.79. The van der Waals surface area contributed by atoms with Crippen molar-refractivity contribution in [2.75, 3.05) is 5.32 Å². The van der Waals surface area contributed by atoms with Crippen molar-refractivity contribution in [3.8, 4) is 28.5 Å². The van der Waals surface area contributed by atoms with Gasteiger partial charge in [-0.1, -0.05) is 60.7 Å². The average molecular weight is 446 g/mol. The van der Waals surface area contributed by atoms with E-state index in [1.807, 2.05) is 72.9 Å². The van der Waals surface area contributed by atoms with E-state index in [1.165, 1.54) is 0 Å². The largest absolute Gasteiger partial charge is 0.419 e. The molecule has 0 saturated carbocycles. The molecule has 6 rings (SSSR count). The molecule has 0 fully saturated rings. The average Bonchev–Trinajstić information content (AvgIpc) is 3.52. The van der Waals surface area contributed by atoms with Crippen LogP contribution in [0.4, 0.5) is 10.7 Å². The molecule has 8 heteroatoms. The fourth-order valence-electron chi connectivity index (χ4n) is 3.79. The molecule has 3 aromatic heterocycles. The molecule has 6 aromatic rings. The molecule has 0 aliphatic rings. The van der Waals surface area contributed by atoms with Crippen molar-refractivity contribution in [2.45, 2.75) is 0 Å². The number of para-hydroxylation sites is 1. The first-order valence-corrected chi connectivity index (χ1v) is 10.7. The summed E-state index contributed by atoms with van der Waals surface area (Å²) in [6.45, 7) is 0. The number of anilines is 1. The molecule has 0 bridgehead atoms. The third-order valence-corrected chi connectivity index (χ3v) is 5.42. The zero-order valence-electron chi connectivity index (χ0n) is 17.8. The summed E-state index contributed by atoms with van der Waals surface area (Å²) in [4.78, 5) is 32.3. The highest BCUT2D eigenvalue weighted by Gasteiger charge is 2.15. The topological polar surface area (TPSA) is 109 Å². The van der Waals surface area contributed by atoms with Crippen LogP contribution in [0.5, 0.6) is 5.75 Å². The Morgan fingerprint density at radius 1 is 0.853 bits per heavy atom. The number of H-pyrrole nitrogens is 2. The van der Waals surface area contributed by atoms with E-state index in [4.69, 9.17) is 4.74 Å². The Morgan fingerprint density at radius 3 is 2.56 bits per heavy atom. The SMILES string of the molecule is O=C(Nc1nc(-c2ccccc2)c[nH]1)Oc1cccc2[nH]c(-c3cc4ccccc4cn3)nc12. The Bertz CT molecular complexity index is 1640. The third-order valence-electron chi connectivity index (χ3n) is 5.42. The maximum Gasteiger partial charge on any atom is 0.419 e. The fraction of sp³-hybridized carbons (Fsp3) is 0. The number of hydrogen-bond donors (Lipinski definition) is 3. The minimum absolute atomic E-state index is 0.291. The first kappa shape index (κ1) is 19.7. The molecule has 1 amide bonds. The van der Waals surface area contributed by atoms with Crippen LogP contribution in [0.25, 0.3) is 44.6 Å². The highest BCUT2D eigenvalue weighted by Crippen LogP contribution is 2.28. The van der Waals surface area contributed by atoms with Gasteiger partial charge < -0.3 is 14.7 Å². The van der Waals surface area contributed by atoms with Gasteiger partial charge in [-0.2, -0.15) is 0 Å². The van der Waals surface area contributed by atoms with E-state index in [1.54, 1.807) is 18.3 Å². The standard InChI is InChI=1S/C26H18N6O2/c33-26(32-25-28-15-21(30-25)16-7-2-1-3-8-16)34-22-12-6-11-19-23(22)31-24(29-19)20-13-17-9-4-5-10-18(17)14-27-20/h1-15H,(H,29,31)(H2,28,30,32,33). The second kappa shape index (κ2) is 8.18. The van der Waals surface area contributed by atoms with E-state index in [0.29, 0.717) is 28.7 Å². The summed E-state index contributed by atoms with van der Waals surface area (Å²) in [5.74, 6) is 1.21. The lowest BCUT2D eigenvalue weighted by Gasteiger charge is -2.04. The summed E-state index contributed by atoms with van der Waals surface area (Å²) in [6.07, 6.45) is 2.87. The Balaban J connectivity index is 1.24. The van der Waals surface area contributed by atoms with Crippen LogP contribution in [0.2, 0.25) is 0 Å². The highest BCUT2D eigenvalue weighted by molar-refractivity contribution is 5.91. The maximum atomic E-state index is 12.6. The van der Waals surface area contributed by atoms with Crippen LogP contribution in [0, 0.1) is 0 Å². The van der Waals surface area contributed by atoms with E-state index in [0.717, 1.165) is 27.5 Å². The van der Waals surface area contributed by atoms with Crippen LogP contribution in [0.15, 0.2) is 91.3 Å². The van der Waals surface area contributed by atoms with Crippen molar-refractivity contribution < 1.29 is 9.53 Å². The first-order chi connectivity index (χ1) is 16.7. The summed E-state index contributed by atoms with van der Waals surface area (Å²) < 4.78 is 5.55. The Morgan fingerprint density at radius 2 is 1.68 bits per heavy atom. The lowest BCUT2D eigenvalue weighted by atomic mass is 10.1. The van der Waals surface area contributed by atoms with Gasteiger partial charge in [-0.25, -0.2) is 14.8 Å². The summed E-state index contributed by atoms with van der Waals surface area (Å²) in [5, 5.41) is 4.74. The number of nitrogens with one attached hydrogen (secondary N) is 3. The number of benzene rings is 3. The number of rotatable bonds is 4. The summed E-state index contributed by atoms with van der Waals surface area (Å²) in [5.41, 5.74) is 3.63. The number of ether oxygens (including phenoxy) is 1. The van der Waals surface area contributed by atoms with E-state index in [9.17, 15) is 4.79 Å². The molecule has 3 aromatic carbocycles. The monoisotopic (exact) mass is 446 g/mol. The number of aromatic nitrogens is 5. The molecule has 3 N–H and O–H groups in total. The highest BCUT2D eigenvalue weighted by atomic mass is 16.6. The molecular formula is C26H18N6O2. The van der Waals surface area contributed by atoms with Crippen molar-refractivity contribution in [3.05, 3.63) is 91.3 Å². The van der Waals surface area contributed by atoms with Gasteiger partial charge in [0.1, 0.15) is 11.2 Å². The molecular weight excluding hydrogens is 428 g/mol. The maximum absolute atomic E-state index is 12.6. The molecule has 0 atom stereocenters. The lowest BCUT2D eigenvalue weighted by molar-refractivity contribution is 0.215. The third kappa shape index (κ3) is 3.73. The van der Waals surface area contributed by atoms with Gasteiger partial charge >= 0.3 is 6.09 Å². The van der Waals surface area contributed by atoms with Crippen molar-refractivity contribution >= 4 is 33.8 Å². The number of pyridine rings is 1. The zero-order valence-corrected chi connectivity index (χ0v) is 17.8. The van der Waals surface area contributed by atoms with Crippen LogP contribution in [-0.2, 0) is 0 Å². The summed E-state index contributed by atoms with van der Waals surface area (Å²) in [7, 11) is 0. The van der Waals surface area contributed by atoms with Gasteiger partial charge in [0.15, 0.2) is 11.6 Å². The molecule has 8 nitrogen and oxygen atoms in total. The van der Waals surface area contributed by atoms with E-state index in [-0.39, 0.29) is 0 Å². The minimum Gasteiger partial charge on any atom is -0.408 e. The van der Waals surface area contributed by atoms with Gasteiger partial charge in [0.05, 0.1) is 11.2 Å². The van der Waals surface area contributed by atoms with Crippen LogP contribution in [-0.4, -0.2) is 31.0 Å². The van der Waals surface area contributed by atoms with Gasteiger partial charge in [-0.05, 0) is 23.6 Å². The quantitative estimate of drug-likeness (QED) is 0.318. The molecule has 3 heterocycles. The van der Waals surface area contributed by atoms with Crippen molar-refractivity contribution in [1.82, 2.24) is 24.9 Å². The van der Waals surface area contributed by atoms with Crippen molar-refractivity contribution in [3.63, 3.8) is 0 Å². The van der Waals surface area contributed by atoms with Crippen LogP contribution in [0.3, 0.4) is 0 Å². The number of amides is 1. The number of nitrogens with zero attached hydrogens (tertiary/aromatic N) is 3. The molecule has 164 valence electrons. The first-order valence-electron chi connectivity index (χ1n) is 10.7. The number of aromatic amines is 2. The van der Waals surface area contributed by atoms with Crippen LogP contribution >= 0.6 is 0 Å². The van der Waals surface area contributed by atoms with Gasteiger partial charge in [0, 0.05) is 23.3 Å². The van der Waals surface area contributed by atoms with Crippen molar-refractivity contribution in [1.29, 1.82) is 0 Å². The van der Waals surface area contributed by atoms with Gasteiger partial charge in [-0.3, -0.25) is 10.3 Å². The minimum atomic E-state index is -0.671. The number of carbonyl (C=O) groups excluding carboxylic acids is 1. The van der Waals surface area contributed by atoms with E-state index in [2.05, 4.69) is 30.2 Å². The molecule has 0 spiro atoms. The van der Waals surface area contributed by atoms with Gasteiger partial charge in [-0.15, -0.1) is 0 Å². The molecule has 34 heavy (non-hydrogen) atoms. The number of imidazole rings is 2. The lowest BCUT2D eigenvalue weighted by Crippen LogP contribution is -2.17. The second-order valence-corrected chi connectivity index (χ2v) is 7.67. The molecule has 0 aliphatic heterocycles. The zero-order chi connectivity index (χ0) is 22.9. The smallest absolute Gasteiger partial charge is 0.408 e. The van der Waals surface area contributed by atoms with E-state index >= 15 is 0 Å². The Hall–Kier alpha value is -4.98. The van der Waals surface area contributed by atoms with Gasteiger partial charge in [0.2, 0.25) is 5.95 Å². The van der Waals surface area contributed by atoms with E-state index < -0.39 is 6.09 Å². The predicted octanol–water partition coefficient (Wildman–Crippen LogP) is 5.78. The van der Waals surface area contributed by atoms with Gasteiger partial charge in [0.25, 0.3) is 0 Å². The summed E-state index contributed by atoms with van der Waals surface area (Å²) >= 11 is 0. The number of carbonyl (C=O) groups is 1. The predicted molar refractivity (Wildman–Crippen MR) is 131 cm³/mol. The number of hydrogen-bond acceptors (Lipinski definition) is 5. The molecule has 0 unspecified atom stereocenters. The molecule has 0 radical (unpaired) electrons. The Kier molecular flexibility index (Phi) is 4.73. The summed E-state index contributed by atoms with van der Waals surface area (Å²) in [6, 6.07) is 25.0. The normalized spacial score (nSPS) is 11.1. The van der Waals surface area contributed by atoms with Crippen molar-refractivity contribution in [2.24, 2.45) is 0 Å². The molecule has 0 aliphatic carbocycles. The Labute approximate surface area is 193 Å². The van der Waals surface area contributed by atoms with Crippen LogP contribution in [0.1, 0.15) is 0 Å². The molecule has 0 saturated heterocycles. The van der Waals surface area contributed by atoms with Crippen LogP contribution < -0.4 is 10.1 Å².